The van der Waals surface area contributed by atoms with E-state index >= 15 is 0 Å². The average Bonchev–Trinajstić information content (AvgIpc) is 2.80. The number of carbonyl (C=O) groups is 4. The quantitative estimate of drug-likeness (QED) is 0.197. The molecule has 0 atom stereocenters. The largest absolute Gasteiger partial charge is 0.491 e. The molecule has 182 valence electrons. The molecule has 0 saturated carbocycles. The van der Waals surface area contributed by atoms with Gasteiger partial charge in [-0.3, -0.25) is 19.2 Å². The van der Waals surface area contributed by atoms with Crippen LogP contribution in [0.15, 0.2) is 48.5 Å². The maximum Gasteiger partial charge on any atom is 0.170 e. The third-order valence-electron chi connectivity index (χ3n) is 4.54. The van der Waals surface area contributed by atoms with Gasteiger partial charge in [-0.15, -0.1) is 0 Å². The summed E-state index contributed by atoms with van der Waals surface area (Å²) in [6.45, 7) is 5.09. The van der Waals surface area contributed by atoms with Crippen LogP contribution in [0.4, 0.5) is 0 Å². The number of ketones is 4. The first kappa shape index (κ1) is 26.9. The molecule has 0 aliphatic carbocycles. The van der Waals surface area contributed by atoms with Gasteiger partial charge in [-0.25, -0.2) is 0 Å². The predicted octanol–water partition coefficient (Wildman–Crippen LogP) is 3.50. The lowest BCUT2D eigenvalue weighted by atomic mass is 10.1. The standard InChI is InChI=1S/C26H30O8/c1-19(27)17-25(29)21-3-7-23(8-4-21)33-15-13-31-11-12-32-14-16-34-24-9-5-22(6-10-24)26(30)18-20(2)28/h3-10H,11-18H2,1-2H3. The molecular formula is C26H30O8. The summed E-state index contributed by atoms with van der Waals surface area (Å²) in [7, 11) is 0. The predicted molar refractivity (Wildman–Crippen MR) is 125 cm³/mol. The van der Waals surface area contributed by atoms with E-state index in [2.05, 4.69) is 0 Å². The topological polar surface area (TPSA) is 105 Å². The Morgan fingerprint density at radius 1 is 0.529 bits per heavy atom. The number of benzene rings is 2. The second-order valence-corrected chi connectivity index (χ2v) is 7.57. The van der Waals surface area contributed by atoms with Gasteiger partial charge in [-0.05, 0) is 62.4 Å². The van der Waals surface area contributed by atoms with Crippen LogP contribution in [0.25, 0.3) is 0 Å². The lowest BCUT2D eigenvalue weighted by Gasteiger charge is -2.09. The smallest absolute Gasteiger partial charge is 0.170 e. The second-order valence-electron chi connectivity index (χ2n) is 7.57. The number of ether oxygens (including phenoxy) is 4. The molecule has 0 spiro atoms. The van der Waals surface area contributed by atoms with E-state index in [1.165, 1.54) is 13.8 Å². The van der Waals surface area contributed by atoms with E-state index in [0.717, 1.165) is 0 Å². The highest BCUT2D eigenvalue weighted by atomic mass is 16.6. The van der Waals surface area contributed by atoms with Gasteiger partial charge in [0.15, 0.2) is 11.6 Å². The third-order valence-corrected chi connectivity index (χ3v) is 4.54. The van der Waals surface area contributed by atoms with E-state index in [4.69, 9.17) is 18.9 Å². The Labute approximate surface area is 199 Å². The summed E-state index contributed by atoms with van der Waals surface area (Å²) in [5, 5.41) is 0. The van der Waals surface area contributed by atoms with Crippen molar-refractivity contribution in [3.63, 3.8) is 0 Å². The van der Waals surface area contributed by atoms with Crippen molar-refractivity contribution in [1.82, 2.24) is 0 Å². The van der Waals surface area contributed by atoms with Gasteiger partial charge in [0, 0.05) is 11.1 Å². The molecule has 0 radical (unpaired) electrons. The molecule has 0 fully saturated rings. The van der Waals surface area contributed by atoms with Crippen LogP contribution in [-0.4, -0.2) is 62.8 Å². The van der Waals surface area contributed by atoms with Crippen LogP contribution in [-0.2, 0) is 19.1 Å². The highest BCUT2D eigenvalue weighted by Gasteiger charge is 2.09. The molecule has 2 rings (SSSR count). The van der Waals surface area contributed by atoms with Gasteiger partial charge >= 0.3 is 0 Å². The Morgan fingerprint density at radius 2 is 0.853 bits per heavy atom. The summed E-state index contributed by atoms with van der Waals surface area (Å²) in [4.78, 5) is 45.6. The number of hydrogen-bond acceptors (Lipinski definition) is 8. The second kappa shape index (κ2) is 14.7. The van der Waals surface area contributed by atoms with Gasteiger partial charge in [0.05, 0.1) is 39.3 Å². The Kier molecular flexibility index (Phi) is 11.6. The number of rotatable bonds is 17. The molecule has 2 aromatic carbocycles. The fourth-order valence-electron chi connectivity index (χ4n) is 2.89. The molecule has 8 heteroatoms. The summed E-state index contributed by atoms with van der Waals surface area (Å²) in [5.41, 5.74) is 0.966. The molecular weight excluding hydrogens is 440 g/mol. The van der Waals surface area contributed by atoms with E-state index in [1.54, 1.807) is 48.5 Å². The summed E-state index contributed by atoms with van der Waals surface area (Å²) >= 11 is 0. The molecule has 8 nitrogen and oxygen atoms in total. The van der Waals surface area contributed by atoms with Gasteiger partial charge in [-0.2, -0.15) is 0 Å². The van der Waals surface area contributed by atoms with Crippen LogP contribution in [0.3, 0.4) is 0 Å². The van der Waals surface area contributed by atoms with Crippen molar-refractivity contribution in [2.24, 2.45) is 0 Å². The van der Waals surface area contributed by atoms with Gasteiger partial charge in [0.2, 0.25) is 0 Å². The Morgan fingerprint density at radius 3 is 1.18 bits per heavy atom. The SMILES string of the molecule is CC(=O)CC(=O)c1ccc(OCCOCCOCCOc2ccc(C(=O)CC(C)=O)cc2)cc1. The Bertz CT molecular complexity index is 868. The highest BCUT2D eigenvalue weighted by molar-refractivity contribution is 6.07. The molecule has 0 amide bonds. The molecule has 0 N–H and O–H groups in total. The first-order chi connectivity index (χ1) is 16.3. The van der Waals surface area contributed by atoms with Gasteiger partial charge < -0.3 is 18.9 Å². The van der Waals surface area contributed by atoms with Crippen molar-refractivity contribution in [2.75, 3.05) is 39.6 Å². The van der Waals surface area contributed by atoms with E-state index in [0.29, 0.717) is 62.3 Å². The minimum atomic E-state index is -0.205. The molecule has 0 saturated heterocycles. The summed E-state index contributed by atoms with van der Waals surface area (Å²) in [6.07, 6.45) is -0.193. The van der Waals surface area contributed by atoms with E-state index in [-0.39, 0.29) is 36.0 Å². The van der Waals surface area contributed by atoms with E-state index in [9.17, 15) is 19.2 Å². The number of Topliss-reactive ketones (excluding diaryl/α,β-unsaturated/α-hetero) is 4. The van der Waals surface area contributed by atoms with Gasteiger partial charge in [0.1, 0.15) is 36.3 Å². The summed E-state index contributed by atoms with van der Waals surface area (Å²) in [5.74, 6) is 0.503. The maximum absolute atomic E-state index is 11.8. The van der Waals surface area contributed by atoms with Crippen molar-refractivity contribution in [2.45, 2.75) is 26.7 Å². The zero-order chi connectivity index (χ0) is 24.8. The highest BCUT2D eigenvalue weighted by Crippen LogP contribution is 2.14. The Balaban J connectivity index is 1.49. The normalized spacial score (nSPS) is 10.5. The summed E-state index contributed by atoms with van der Waals surface area (Å²) < 4.78 is 22.0. The molecule has 2 aromatic rings. The van der Waals surface area contributed by atoms with Crippen molar-refractivity contribution in [3.8, 4) is 11.5 Å². The lowest BCUT2D eigenvalue weighted by Crippen LogP contribution is -2.13. The van der Waals surface area contributed by atoms with Gasteiger partial charge in [0.25, 0.3) is 0 Å². The van der Waals surface area contributed by atoms with Crippen molar-refractivity contribution < 1.29 is 38.1 Å². The molecule has 0 heterocycles. The zero-order valence-electron chi connectivity index (χ0n) is 19.5. The lowest BCUT2D eigenvalue weighted by molar-refractivity contribution is -0.117. The van der Waals surface area contributed by atoms with Crippen molar-refractivity contribution in [3.05, 3.63) is 59.7 Å². The fourth-order valence-corrected chi connectivity index (χ4v) is 2.89. The minimum absolute atomic E-state index is 0.0965. The molecule has 0 aliphatic heterocycles. The number of hydrogen-bond donors (Lipinski definition) is 0. The van der Waals surface area contributed by atoms with Crippen LogP contribution >= 0.6 is 0 Å². The summed E-state index contributed by atoms with van der Waals surface area (Å²) in [6, 6.07) is 13.3. The van der Waals surface area contributed by atoms with Crippen LogP contribution in [0, 0.1) is 0 Å². The molecule has 0 aliphatic rings. The van der Waals surface area contributed by atoms with Gasteiger partial charge in [-0.1, -0.05) is 0 Å². The number of carbonyl (C=O) groups excluding carboxylic acids is 4. The van der Waals surface area contributed by atoms with Crippen LogP contribution in [0.2, 0.25) is 0 Å². The van der Waals surface area contributed by atoms with Crippen LogP contribution in [0.5, 0.6) is 11.5 Å². The van der Waals surface area contributed by atoms with Crippen LogP contribution in [0.1, 0.15) is 47.4 Å². The van der Waals surface area contributed by atoms with Crippen molar-refractivity contribution in [1.29, 1.82) is 0 Å². The third kappa shape index (κ3) is 10.5. The average molecular weight is 471 g/mol. The zero-order valence-corrected chi connectivity index (χ0v) is 19.5. The van der Waals surface area contributed by atoms with Crippen molar-refractivity contribution >= 4 is 23.1 Å². The maximum atomic E-state index is 11.8. The first-order valence-electron chi connectivity index (χ1n) is 11.0. The fraction of sp³-hybridized carbons (Fsp3) is 0.385. The minimum Gasteiger partial charge on any atom is -0.491 e. The molecule has 0 bridgehead atoms. The molecule has 34 heavy (non-hydrogen) atoms. The Hall–Kier alpha value is -3.36. The molecule has 0 unspecified atom stereocenters. The molecule has 0 aromatic heterocycles. The first-order valence-corrected chi connectivity index (χ1v) is 11.0. The van der Waals surface area contributed by atoms with E-state index < -0.39 is 0 Å². The van der Waals surface area contributed by atoms with E-state index in [1.807, 2.05) is 0 Å². The van der Waals surface area contributed by atoms with Crippen LogP contribution < -0.4 is 9.47 Å². The monoisotopic (exact) mass is 470 g/mol.